The molecular weight excluding hydrogens is 334 g/mol. The smallest absolute Gasteiger partial charge is 0.232 e. The minimum Gasteiger partial charge on any atom is -0.470 e. The van der Waals surface area contributed by atoms with Gasteiger partial charge in [0.05, 0.1) is 6.20 Å². The van der Waals surface area contributed by atoms with Crippen LogP contribution in [0.5, 0.6) is 5.88 Å². The number of carbonyl (C=O) groups excluding carboxylic acids is 1. The van der Waals surface area contributed by atoms with Crippen molar-refractivity contribution in [3.8, 4) is 5.88 Å². The number of hydrogen-bond donors (Lipinski definition) is 0. The normalized spacial score (nSPS) is 17.8. The van der Waals surface area contributed by atoms with Crippen LogP contribution in [0.4, 0.5) is 0 Å². The lowest BCUT2D eigenvalue weighted by atomic mass is 9.96. The van der Waals surface area contributed by atoms with Crippen LogP contribution in [0.2, 0.25) is 0 Å². The Hall–Kier alpha value is -2.48. The standard InChI is InChI=1S/C18H23N5O3/c1-22-16-2-7-23(18(24)13-3-8-25-9-4-13)11-14(16)15(21-22)12-26-17-10-19-5-6-20-17/h5-6,10,13H,2-4,7-9,11-12H2,1H3. The molecule has 2 aliphatic rings. The highest BCUT2D eigenvalue weighted by atomic mass is 16.5. The zero-order valence-corrected chi connectivity index (χ0v) is 14.9. The van der Waals surface area contributed by atoms with E-state index in [-0.39, 0.29) is 11.8 Å². The van der Waals surface area contributed by atoms with E-state index < -0.39 is 0 Å². The van der Waals surface area contributed by atoms with Crippen LogP contribution >= 0.6 is 0 Å². The first kappa shape index (κ1) is 17.0. The van der Waals surface area contributed by atoms with Crippen molar-refractivity contribution >= 4 is 5.91 Å². The number of rotatable bonds is 4. The van der Waals surface area contributed by atoms with Crippen LogP contribution in [0.3, 0.4) is 0 Å². The van der Waals surface area contributed by atoms with Gasteiger partial charge in [-0.3, -0.25) is 14.5 Å². The van der Waals surface area contributed by atoms with Crippen molar-refractivity contribution < 1.29 is 14.3 Å². The first-order valence-electron chi connectivity index (χ1n) is 9.01. The Bertz CT molecular complexity index is 771. The maximum absolute atomic E-state index is 12.9. The maximum Gasteiger partial charge on any atom is 0.232 e. The molecular formula is C18H23N5O3. The van der Waals surface area contributed by atoms with Crippen molar-refractivity contribution in [1.82, 2.24) is 24.6 Å². The van der Waals surface area contributed by atoms with Gasteiger partial charge in [-0.1, -0.05) is 0 Å². The van der Waals surface area contributed by atoms with Gasteiger partial charge in [0.25, 0.3) is 0 Å². The molecule has 0 bridgehead atoms. The van der Waals surface area contributed by atoms with E-state index in [1.165, 1.54) is 5.69 Å². The van der Waals surface area contributed by atoms with E-state index in [1.54, 1.807) is 18.6 Å². The summed E-state index contributed by atoms with van der Waals surface area (Å²) in [6, 6.07) is 0. The van der Waals surface area contributed by atoms with Gasteiger partial charge in [-0.05, 0) is 12.8 Å². The third-order valence-electron chi connectivity index (χ3n) is 5.10. The molecule has 138 valence electrons. The zero-order chi connectivity index (χ0) is 17.9. The number of amides is 1. The fourth-order valence-corrected chi connectivity index (χ4v) is 3.68. The van der Waals surface area contributed by atoms with Gasteiger partial charge < -0.3 is 14.4 Å². The van der Waals surface area contributed by atoms with Gasteiger partial charge in [0.1, 0.15) is 12.3 Å². The Morgan fingerprint density at radius 2 is 2.19 bits per heavy atom. The highest BCUT2D eigenvalue weighted by molar-refractivity contribution is 5.79. The number of aromatic nitrogens is 4. The summed E-state index contributed by atoms with van der Waals surface area (Å²) in [6.07, 6.45) is 7.23. The molecule has 0 N–H and O–H groups in total. The molecule has 8 nitrogen and oxygen atoms in total. The number of carbonyl (C=O) groups is 1. The summed E-state index contributed by atoms with van der Waals surface area (Å²) >= 11 is 0. The Balaban J connectivity index is 1.47. The van der Waals surface area contributed by atoms with Gasteiger partial charge in [-0.15, -0.1) is 0 Å². The molecule has 1 fully saturated rings. The van der Waals surface area contributed by atoms with E-state index in [1.807, 2.05) is 16.6 Å². The van der Waals surface area contributed by atoms with Gasteiger partial charge in [0, 0.05) is 69.3 Å². The summed E-state index contributed by atoms with van der Waals surface area (Å²) in [5.74, 6) is 0.794. The minimum atomic E-state index is 0.0845. The molecule has 26 heavy (non-hydrogen) atoms. The number of ether oxygens (including phenoxy) is 2. The largest absolute Gasteiger partial charge is 0.470 e. The maximum atomic E-state index is 12.9. The van der Waals surface area contributed by atoms with Gasteiger partial charge in [-0.25, -0.2) is 4.98 Å². The molecule has 4 heterocycles. The molecule has 1 saturated heterocycles. The third-order valence-corrected chi connectivity index (χ3v) is 5.10. The van der Waals surface area contributed by atoms with E-state index in [2.05, 4.69) is 15.1 Å². The van der Waals surface area contributed by atoms with Crippen molar-refractivity contribution in [2.75, 3.05) is 19.8 Å². The highest BCUT2D eigenvalue weighted by Gasteiger charge is 2.31. The molecule has 4 rings (SSSR count). The number of aryl methyl sites for hydroxylation is 1. The van der Waals surface area contributed by atoms with Crippen molar-refractivity contribution in [1.29, 1.82) is 0 Å². The summed E-state index contributed by atoms with van der Waals surface area (Å²) in [4.78, 5) is 22.9. The van der Waals surface area contributed by atoms with Crippen molar-refractivity contribution in [2.45, 2.75) is 32.4 Å². The van der Waals surface area contributed by atoms with Gasteiger partial charge >= 0.3 is 0 Å². The molecule has 0 radical (unpaired) electrons. The highest BCUT2D eigenvalue weighted by Crippen LogP contribution is 2.26. The van der Waals surface area contributed by atoms with Crippen LogP contribution in [0.15, 0.2) is 18.6 Å². The molecule has 0 unspecified atom stereocenters. The molecule has 0 spiro atoms. The van der Waals surface area contributed by atoms with Gasteiger partial charge in [0.2, 0.25) is 11.8 Å². The first-order valence-corrected chi connectivity index (χ1v) is 9.01. The quantitative estimate of drug-likeness (QED) is 0.815. The number of hydrogen-bond acceptors (Lipinski definition) is 6. The Kier molecular flexibility index (Phi) is 4.83. The fourth-order valence-electron chi connectivity index (χ4n) is 3.68. The minimum absolute atomic E-state index is 0.0845. The lowest BCUT2D eigenvalue weighted by Crippen LogP contribution is -2.41. The van der Waals surface area contributed by atoms with E-state index in [0.717, 1.165) is 37.1 Å². The molecule has 2 aromatic rings. The number of nitrogens with zero attached hydrogens (tertiary/aromatic N) is 5. The second kappa shape index (κ2) is 7.41. The van der Waals surface area contributed by atoms with Gasteiger partial charge in [0.15, 0.2) is 0 Å². The van der Waals surface area contributed by atoms with Gasteiger partial charge in [-0.2, -0.15) is 5.10 Å². The average molecular weight is 357 g/mol. The predicted octanol–water partition coefficient (Wildman–Crippen LogP) is 1.10. The topological polar surface area (TPSA) is 82.4 Å². The lowest BCUT2D eigenvalue weighted by Gasteiger charge is -2.32. The summed E-state index contributed by atoms with van der Waals surface area (Å²) < 4.78 is 13.0. The Morgan fingerprint density at radius 3 is 2.96 bits per heavy atom. The number of fused-ring (bicyclic) bond motifs is 1. The third kappa shape index (κ3) is 3.41. The molecule has 2 aliphatic heterocycles. The van der Waals surface area contributed by atoms with E-state index >= 15 is 0 Å². The first-order chi connectivity index (χ1) is 12.7. The SMILES string of the molecule is Cn1nc(COc2cnccn2)c2c1CCN(C(=O)C1CCOCC1)C2. The van der Waals surface area contributed by atoms with Crippen LogP contribution in [0.1, 0.15) is 29.8 Å². The monoisotopic (exact) mass is 357 g/mol. The fraction of sp³-hybridized carbons (Fsp3) is 0.556. The van der Waals surface area contributed by atoms with Crippen LogP contribution in [0, 0.1) is 5.92 Å². The van der Waals surface area contributed by atoms with Crippen LogP contribution in [0.25, 0.3) is 0 Å². The van der Waals surface area contributed by atoms with Crippen molar-refractivity contribution in [3.63, 3.8) is 0 Å². The van der Waals surface area contributed by atoms with E-state index in [0.29, 0.717) is 32.2 Å². The lowest BCUT2D eigenvalue weighted by molar-refractivity contribution is -0.139. The molecule has 1 amide bonds. The van der Waals surface area contributed by atoms with Crippen LogP contribution < -0.4 is 4.74 Å². The Morgan fingerprint density at radius 1 is 1.35 bits per heavy atom. The van der Waals surface area contributed by atoms with Crippen LogP contribution in [-0.2, 0) is 36.2 Å². The zero-order valence-electron chi connectivity index (χ0n) is 14.9. The summed E-state index contributed by atoms with van der Waals surface area (Å²) in [5.41, 5.74) is 3.14. The second-order valence-corrected chi connectivity index (χ2v) is 6.72. The summed E-state index contributed by atoms with van der Waals surface area (Å²) in [6.45, 7) is 3.02. The van der Waals surface area contributed by atoms with Crippen molar-refractivity contribution in [3.05, 3.63) is 35.5 Å². The summed E-state index contributed by atoms with van der Waals surface area (Å²) in [5, 5.41) is 4.60. The van der Waals surface area contributed by atoms with Crippen LogP contribution in [-0.4, -0.2) is 50.3 Å². The molecule has 2 aromatic heterocycles. The van der Waals surface area contributed by atoms with Crippen molar-refractivity contribution in [2.24, 2.45) is 13.0 Å². The molecule has 0 saturated carbocycles. The molecule has 8 heteroatoms. The molecule has 0 aliphatic carbocycles. The Labute approximate surface area is 152 Å². The second-order valence-electron chi connectivity index (χ2n) is 6.72. The average Bonchev–Trinajstić information content (AvgIpc) is 3.02. The molecule has 0 atom stereocenters. The summed E-state index contributed by atoms with van der Waals surface area (Å²) in [7, 11) is 1.95. The predicted molar refractivity (Wildman–Crippen MR) is 92.2 cm³/mol. The molecule has 0 aromatic carbocycles. The van der Waals surface area contributed by atoms with E-state index in [4.69, 9.17) is 9.47 Å². The van der Waals surface area contributed by atoms with E-state index in [9.17, 15) is 4.79 Å².